The molecule has 0 aliphatic carbocycles. The highest BCUT2D eigenvalue weighted by Crippen LogP contribution is 2.24. The second kappa shape index (κ2) is 10.2. The summed E-state index contributed by atoms with van der Waals surface area (Å²) in [5, 5.41) is 3.16. The summed E-state index contributed by atoms with van der Waals surface area (Å²) in [5.74, 6) is 1.12. The lowest BCUT2D eigenvalue weighted by atomic mass is 9.97. The van der Waals surface area contributed by atoms with Crippen molar-refractivity contribution in [2.24, 2.45) is 0 Å². The van der Waals surface area contributed by atoms with E-state index in [1.807, 2.05) is 30.3 Å². The summed E-state index contributed by atoms with van der Waals surface area (Å²) in [6.45, 7) is 5.88. The number of benzene rings is 2. The van der Waals surface area contributed by atoms with Crippen LogP contribution >= 0.6 is 0 Å². The van der Waals surface area contributed by atoms with Gasteiger partial charge in [-0.15, -0.1) is 0 Å². The summed E-state index contributed by atoms with van der Waals surface area (Å²) >= 11 is 0. The van der Waals surface area contributed by atoms with Crippen molar-refractivity contribution in [2.45, 2.75) is 25.3 Å². The standard InChI is InChI=1S/C23H30N2O3/c1-18(19-6-4-3-5-7-19)16-23(26)24-17-22(25-12-14-28-15-13-25)20-8-10-21(27-2)11-9-20/h3-11,18,22H,12-17H2,1-2H3,(H,24,26)/t18-,22-/m0/s1. The molecule has 5 heteroatoms. The average molecular weight is 383 g/mol. The maximum absolute atomic E-state index is 12.6. The highest BCUT2D eigenvalue weighted by atomic mass is 16.5. The Morgan fingerprint density at radius 2 is 1.75 bits per heavy atom. The third-order valence-corrected chi connectivity index (χ3v) is 5.34. The van der Waals surface area contributed by atoms with Gasteiger partial charge in [-0.3, -0.25) is 9.69 Å². The molecule has 2 aromatic carbocycles. The molecule has 1 fully saturated rings. The van der Waals surface area contributed by atoms with Gasteiger partial charge in [-0.1, -0.05) is 49.4 Å². The van der Waals surface area contributed by atoms with Gasteiger partial charge in [0.1, 0.15) is 5.75 Å². The number of hydrogen-bond acceptors (Lipinski definition) is 4. The molecule has 1 heterocycles. The number of amides is 1. The van der Waals surface area contributed by atoms with Crippen LogP contribution in [0.15, 0.2) is 54.6 Å². The van der Waals surface area contributed by atoms with Crippen molar-refractivity contribution in [1.29, 1.82) is 0 Å². The van der Waals surface area contributed by atoms with Crippen molar-refractivity contribution >= 4 is 5.91 Å². The van der Waals surface area contributed by atoms with Crippen LogP contribution in [0.4, 0.5) is 0 Å². The van der Waals surface area contributed by atoms with Crippen molar-refractivity contribution in [3.63, 3.8) is 0 Å². The molecular formula is C23H30N2O3. The van der Waals surface area contributed by atoms with Crippen molar-refractivity contribution in [1.82, 2.24) is 10.2 Å². The number of hydrogen-bond donors (Lipinski definition) is 1. The van der Waals surface area contributed by atoms with E-state index >= 15 is 0 Å². The van der Waals surface area contributed by atoms with Gasteiger partial charge in [0, 0.05) is 26.1 Å². The third-order valence-electron chi connectivity index (χ3n) is 5.34. The Bertz CT molecular complexity index is 727. The summed E-state index contributed by atoms with van der Waals surface area (Å²) in [4.78, 5) is 15.0. The van der Waals surface area contributed by atoms with Gasteiger partial charge in [-0.05, 0) is 29.2 Å². The summed E-state index contributed by atoms with van der Waals surface area (Å²) in [5.41, 5.74) is 2.37. The lowest BCUT2D eigenvalue weighted by Crippen LogP contribution is -2.43. The van der Waals surface area contributed by atoms with Crippen LogP contribution in [-0.2, 0) is 9.53 Å². The van der Waals surface area contributed by atoms with Crippen LogP contribution in [0.2, 0.25) is 0 Å². The minimum Gasteiger partial charge on any atom is -0.497 e. The lowest BCUT2D eigenvalue weighted by Gasteiger charge is -2.35. The van der Waals surface area contributed by atoms with Crippen LogP contribution < -0.4 is 10.1 Å². The Kier molecular flexibility index (Phi) is 7.46. The Labute approximate surface area is 167 Å². The minimum atomic E-state index is 0.0862. The number of morpholine rings is 1. The van der Waals surface area contributed by atoms with Crippen LogP contribution in [0, 0.1) is 0 Å². The molecule has 3 rings (SSSR count). The van der Waals surface area contributed by atoms with Gasteiger partial charge in [0.05, 0.1) is 26.4 Å². The number of nitrogens with one attached hydrogen (secondary N) is 1. The SMILES string of the molecule is COc1ccc([C@H](CNC(=O)C[C@H](C)c2ccccc2)N2CCOCC2)cc1. The Morgan fingerprint density at radius 3 is 2.39 bits per heavy atom. The molecule has 5 nitrogen and oxygen atoms in total. The zero-order valence-corrected chi connectivity index (χ0v) is 16.8. The minimum absolute atomic E-state index is 0.0862. The molecule has 28 heavy (non-hydrogen) atoms. The topological polar surface area (TPSA) is 50.8 Å². The summed E-state index contributed by atoms with van der Waals surface area (Å²) < 4.78 is 10.8. The molecule has 0 radical (unpaired) electrons. The normalized spacial score (nSPS) is 16.9. The van der Waals surface area contributed by atoms with E-state index in [2.05, 4.69) is 41.4 Å². The second-order valence-electron chi connectivity index (χ2n) is 7.26. The molecule has 1 saturated heterocycles. The molecule has 0 aromatic heterocycles. The van der Waals surface area contributed by atoms with Crippen LogP contribution in [0.1, 0.15) is 36.4 Å². The fraction of sp³-hybridized carbons (Fsp3) is 0.435. The molecule has 0 unspecified atom stereocenters. The van der Waals surface area contributed by atoms with Crippen molar-refractivity contribution < 1.29 is 14.3 Å². The maximum Gasteiger partial charge on any atom is 0.220 e. The number of nitrogens with zero attached hydrogens (tertiary/aromatic N) is 1. The van der Waals surface area contributed by atoms with Gasteiger partial charge >= 0.3 is 0 Å². The first-order chi connectivity index (χ1) is 13.7. The van der Waals surface area contributed by atoms with Crippen LogP contribution in [0.5, 0.6) is 5.75 Å². The fourth-order valence-corrected chi connectivity index (χ4v) is 3.63. The van der Waals surface area contributed by atoms with Crippen LogP contribution in [-0.4, -0.2) is 50.8 Å². The Morgan fingerprint density at radius 1 is 1.07 bits per heavy atom. The number of carbonyl (C=O) groups excluding carboxylic acids is 1. The van der Waals surface area contributed by atoms with Gasteiger partial charge < -0.3 is 14.8 Å². The maximum atomic E-state index is 12.6. The average Bonchev–Trinajstić information content (AvgIpc) is 2.75. The van der Waals surface area contributed by atoms with Crippen molar-refractivity contribution in [3.05, 3.63) is 65.7 Å². The molecule has 1 amide bonds. The number of methoxy groups -OCH3 is 1. The molecule has 2 atom stereocenters. The molecule has 2 aromatic rings. The fourth-order valence-electron chi connectivity index (χ4n) is 3.63. The van der Waals surface area contributed by atoms with Gasteiger partial charge in [-0.25, -0.2) is 0 Å². The van der Waals surface area contributed by atoms with Crippen molar-refractivity contribution in [2.75, 3.05) is 40.0 Å². The van der Waals surface area contributed by atoms with Crippen molar-refractivity contribution in [3.8, 4) is 5.75 Å². The number of carbonyl (C=O) groups is 1. The van der Waals surface area contributed by atoms with Gasteiger partial charge in [-0.2, -0.15) is 0 Å². The second-order valence-corrected chi connectivity index (χ2v) is 7.26. The van der Waals surface area contributed by atoms with E-state index in [1.54, 1.807) is 7.11 Å². The first-order valence-corrected chi connectivity index (χ1v) is 9.94. The van der Waals surface area contributed by atoms with Gasteiger partial charge in [0.25, 0.3) is 0 Å². The van der Waals surface area contributed by atoms with E-state index in [0.717, 1.165) is 32.1 Å². The molecule has 150 valence electrons. The number of rotatable bonds is 8. The van der Waals surface area contributed by atoms with E-state index < -0.39 is 0 Å². The highest BCUT2D eigenvalue weighted by molar-refractivity contribution is 5.76. The largest absolute Gasteiger partial charge is 0.497 e. The molecular weight excluding hydrogens is 352 g/mol. The zero-order chi connectivity index (χ0) is 19.8. The summed E-state index contributed by atoms with van der Waals surface area (Å²) in [6, 6.07) is 18.4. The zero-order valence-electron chi connectivity index (χ0n) is 16.8. The van der Waals surface area contributed by atoms with E-state index in [0.29, 0.717) is 13.0 Å². The molecule has 0 spiro atoms. The van der Waals surface area contributed by atoms with Crippen LogP contribution in [0.25, 0.3) is 0 Å². The third kappa shape index (κ3) is 5.57. The summed E-state index contributed by atoms with van der Waals surface area (Å²) in [7, 11) is 1.67. The van der Waals surface area contributed by atoms with E-state index in [1.165, 1.54) is 11.1 Å². The Balaban J connectivity index is 1.62. The lowest BCUT2D eigenvalue weighted by molar-refractivity contribution is -0.121. The molecule has 1 aliphatic rings. The highest BCUT2D eigenvalue weighted by Gasteiger charge is 2.23. The quantitative estimate of drug-likeness (QED) is 0.760. The van der Waals surface area contributed by atoms with Gasteiger partial charge in [0.2, 0.25) is 5.91 Å². The van der Waals surface area contributed by atoms with Crippen LogP contribution in [0.3, 0.4) is 0 Å². The first kappa shape index (κ1) is 20.4. The first-order valence-electron chi connectivity index (χ1n) is 9.94. The molecule has 1 aliphatic heterocycles. The summed E-state index contributed by atoms with van der Waals surface area (Å²) in [6.07, 6.45) is 0.489. The smallest absolute Gasteiger partial charge is 0.220 e. The van der Waals surface area contributed by atoms with E-state index in [-0.39, 0.29) is 17.9 Å². The Hall–Kier alpha value is -2.37. The molecule has 1 N–H and O–H groups in total. The van der Waals surface area contributed by atoms with E-state index in [4.69, 9.17) is 9.47 Å². The molecule has 0 bridgehead atoms. The number of ether oxygens (including phenoxy) is 2. The molecule has 0 saturated carbocycles. The van der Waals surface area contributed by atoms with E-state index in [9.17, 15) is 4.79 Å². The van der Waals surface area contributed by atoms with Gasteiger partial charge in [0.15, 0.2) is 0 Å². The monoisotopic (exact) mass is 382 g/mol. The predicted molar refractivity (Wildman–Crippen MR) is 111 cm³/mol. The predicted octanol–water partition coefficient (Wildman–Crippen LogP) is 3.38.